The lowest BCUT2D eigenvalue weighted by atomic mass is 9.85. The summed E-state index contributed by atoms with van der Waals surface area (Å²) >= 11 is 0. The number of carbonyl (C=O) groups excluding carboxylic acids is 1. The van der Waals surface area contributed by atoms with Crippen molar-refractivity contribution in [1.82, 2.24) is 24.8 Å². The summed E-state index contributed by atoms with van der Waals surface area (Å²) in [6.07, 6.45) is 6.35. The van der Waals surface area contributed by atoms with Gasteiger partial charge in [-0.3, -0.25) is 14.0 Å². The number of nitrogens with one attached hydrogen (secondary N) is 3. The number of pyridine rings is 1. The zero-order chi connectivity index (χ0) is 34.4. The molecule has 2 amide bonds. The number of nitrogens with zero attached hydrogens (tertiary/aromatic N) is 4. The van der Waals surface area contributed by atoms with Gasteiger partial charge in [-0.05, 0) is 86.0 Å². The summed E-state index contributed by atoms with van der Waals surface area (Å²) in [4.78, 5) is 15.9. The Balaban J connectivity index is 1.21. The van der Waals surface area contributed by atoms with Crippen LogP contribution in [0.3, 0.4) is 0 Å². The van der Waals surface area contributed by atoms with Crippen LogP contribution >= 0.6 is 0 Å². The van der Waals surface area contributed by atoms with Crippen LogP contribution < -0.4 is 24.8 Å². The van der Waals surface area contributed by atoms with Gasteiger partial charge >= 0.3 is 6.03 Å². The number of amides is 2. The molecule has 2 aromatic carbocycles. The van der Waals surface area contributed by atoms with E-state index in [0.29, 0.717) is 24.6 Å². The van der Waals surface area contributed by atoms with Gasteiger partial charge in [0.15, 0.2) is 17.2 Å². The van der Waals surface area contributed by atoms with Gasteiger partial charge in [-0.25, -0.2) is 13.2 Å². The van der Waals surface area contributed by atoms with Crippen molar-refractivity contribution in [3.05, 3.63) is 77.2 Å². The zero-order valence-electron chi connectivity index (χ0n) is 28.6. The fourth-order valence-corrected chi connectivity index (χ4v) is 7.32. The zero-order valence-corrected chi connectivity index (χ0v) is 29.4. The smallest absolute Gasteiger partial charge is 0.319 e. The van der Waals surface area contributed by atoms with Gasteiger partial charge in [0.2, 0.25) is 10.0 Å². The summed E-state index contributed by atoms with van der Waals surface area (Å²) in [6.45, 7) is 8.27. The Bertz CT molecular complexity index is 1940. The molecule has 0 bridgehead atoms. The van der Waals surface area contributed by atoms with Crippen LogP contribution in [0.5, 0.6) is 11.5 Å². The quantitative estimate of drug-likeness (QED) is 0.197. The van der Waals surface area contributed by atoms with Crippen molar-refractivity contribution in [2.24, 2.45) is 0 Å². The van der Waals surface area contributed by atoms with Gasteiger partial charge in [0.25, 0.3) is 0 Å². The van der Waals surface area contributed by atoms with E-state index >= 15 is 0 Å². The molecular formula is C35H45N7O5S. The van der Waals surface area contributed by atoms with Crippen molar-refractivity contribution < 1.29 is 22.7 Å². The molecule has 3 heterocycles. The minimum Gasteiger partial charge on any atom is -0.492 e. The standard InChI is InChI=1S/C35H45N7O5S/c1-21-12-15-29(41(21)5)33-39-38-31-17-13-23(20-42(31)33)47-30-16-14-26(24-10-8-9-11-25(24)30)36-34(43)37-27-18-22(35(2,3)4)19-28(32(27)46-6)40-48(7,44)45/h8-11,13,17-21,26,29-30,40H,12,14-16H2,1-7H3,(H2,36,37,43)/t21-,26?,29-,30?/m0/s1. The molecule has 2 unspecified atom stereocenters. The highest BCUT2D eigenvalue weighted by Crippen LogP contribution is 2.41. The lowest BCUT2D eigenvalue weighted by Gasteiger charge is -2.32. The lowest BCUT2D eigenvalue weighted by molar-refractivity contribution is 0.171. The molecule has 0 spiro atoms. The van der Waals surface area contributed by atoms with Crippen LogP contribution in [-0.2, 0) is 15.4 Å². The molecule has 1 aliphatic carbocycles. The van der Waals surface area contributed by atoms with Gasteiger partial charge in [-0.15, -0.1) is 10.2 Å². The highest BCUT2D eigenvalue weighted by atomic mass is 32.2. The Morgan fingerprint density at radius 3 is 2.38 bits per heavy atom. The fourth-order valence-electron chi connectivity index (χ4n) is 6.76. The molecule has 256 valence electrons. The maximum absolute atomic E-state index is 13.5. The third-order valence-electron chi connectivity index (χ3n) is 9.47. The second kappa shape index (κ2) is 12.9. The summed E-state index contributed by atoms with van der Waals surface area (Å²) in [5, 5.41) is 15.0. The van der Waals surface area contributed by atoms with E-state index in [4.69, 9.17) is 9.47 Å². The number of hydrogen-bond acceptors (Lipinski definition) is 8. The number of carbonyl (C=O) groups is 1. The van der Waals surface area contributed by atoms with Crippen LogP contribution in [0.1, 0.15) is 94.1 Å². The van der Waals surface area contributed by atoms with Gasteiger partial charge in [0.1, 0.15) is 11.9 Å². The average Bonchev–Trinajstić information content (AvgIpc) is 3.58. The molecular weight excluding hydrogens is 630 g/mol. The SMILES string of the molecule is COc1c(NC(=O)NC2CCC(Oc3ccc4nnc([C@@H]5CC[C@H](C)N5C)n4c3)c3ccccc32)cc(C(C)(C)C)cc1NS(C)(=O)=O. The molecule has 0 saturated carbocycles. The van der Waals surface area contributed by atoms with Crippen molar-refractivity contribution in [2.75, 3.05) is 30.5 Å². The number of fused-ring (bicyclic) bond motifs is 2. The monoisotopic (exact) mass is 675 g/mol. The number of anilines is 2. The van der Waals surface area contributed by atoms with Gasteiger partial charge in [0.05, 0.1) is 43.0 Å². The Morgan fingerprint density at radius 1 is 0.979 bits per heavy atom. The molecule has 12 nitrogen and oxygen atoms in total. The minimum absolute atomic E-state index is 0.206. The summed E-state index contributed by atoms with van der Waals surface area (Å²) in [5.41, 5.74) is 3.90. The van der Waals surface area contributed by atoms with E-state index in [1.54, 1.807) is 6.07 Å². The number of rotatable bonds is 8. The summed E-state index contributed by atoms with van der Waals surface area (Å²) in [7, 11) is -0.0199. The molecule has 1 aliphatic heterocycles. The van der Waals surface area contributed by atoms with Crippen LogP contribution in [0.2, 0.25) is 0 Å². The van der Waals surface area contributed by atoms with Crippen molar-refractivity contribution in [1.29, 1.82) is 0 Å². The third kappa shape index (κ3) is 6.93. The number of sulfonamides is 1. The second-order valence-electron chi connectivity index (χ2n) is 14.0. The normalized spacial score (nSPS) is 21.5. The van der Waals surface area contributed by atoms with Crippen molar-refractivity contribution >= 4 is 33.1 Å². The Hall–Kier alpha value is -4.36. The minimum atomic E-state index is -3.60. The highest BCUT2D eigenvalue weighted by molar-refractivity contribution is 7.92. The van der Waals surface area contributed by atoms with Crippen LogP contribution in [-0.4, -0.2) is 60.4 Å². The van der Waals surface area contributed by atoms with Gasteiger partial charge in [-0.1, -0.05) is 45.0 Å². The molecule has 0 radical (unpaired) electrons. The van der Waals surface area contributed by atoms with E-state index in [1.165, 1.54) is 7.11 Å². The Kier molecular flexibility index (Phi) is 9.03. The van der Waals surface area contributed by atoms with E-state index in [1.807, 2.05) is 73.8 Å². The number of ether oxygens (including phenoxy) is 2. The first-order valence-electron chi connectivity index (χ1n) is 16.3. The van der Waals surface area contributed by atoms with Gasteiger partial charge < -0.3 is 20.1 Å². The second-order valence-corrected chi connectivity index (χ2v) is 15.7. The number of likely N-dealkylation sites (tertiary alicyclic amines) is 1. The van der Waals surface area contributed by atoms with E-state index in [9.17, 15) is 13.2 Å². The van der Waals surface area contributed by atoms with E-state index in [0.717, 1.165) is 53.0 Å². The molecule has 1 fully saturated rings. The lowest BCUT2D eigenvalue weighted by Crippen LogP contribution is -2.35. The van der Waals surface area contributed by atoms with Crippen molar-refractivity contribution in [3.8, 4) is 11.5 Å². The summed E-state index contributed by atoms with van der Waals surface area (Å²) < 4.78 is 41.0. The molecule has 13 heteroatoms. The Morgan fingerprint density at radius 2 is 1.71 bits per heavy atom. The summed E-state index contributed by atoms with van der Waals surface area (Å²) in [6, 6.07) is 15.4. The molecule has 6 rings (SSSR count). The highest BCUT2D eigenvalue weighted by Gasteiger charge is 2.33. The fraction of sp³-hybridized carbons (Fsp3) is 0.457. The van der Waals surface area contributed by atoms with Crippen LogP contribution in [0.25, 0.3) is 5.65 Å². The molecule has 48 heavy (non-hydrogen) atoms. The Labute approximate surface area is 282 Å². The van der Waals surface area contributed by atoms with Crippen LogP contribution in [0.4, 0.5) is 16.2 Å². The first-order valence-corrected chi connectivity index (χ1v) is 18.2. The number of aromatic nitrogens is 3. The van der Waals surface area contributed by atoms with Crippen LogP contribution in [0, 0.1) is 0 Å². The third-order valence-corrected chi connectivity index (χ3v) is 10.1. The maximum atomic E-state index is 13.5. The van der Waals surface area contributed by atoms with E-state index < -0.39 is 16.1 Å². The topological polar surface area (TPSA) is 139 Å². The molecule has 1 saturated heterocycles. The predicted octanol–water partition coefficient (Wildman–Crippen LogP) is 6.34. The summed E-state index contributed by atoms with van der Waals surface area (Å²) in [5.74, 6) is 1.87. The number of hydrogen-bond donors (Lipinski definition) is 3. The molecule has 3 N–H and O–H groups in total. The van der Waals surface area contributed by atoms with Gasteiger partial charge in [-0.2, -0.15) is 0 Å². The van der Waals surface area contributed by atoms with E-state index in [-0.39, 0.29) is 35.0 Å². The average molecular weight is 676 g/mol. The number of benzene rings is 2. The first kappa shape index (κ1) is 33.5. The maximum Gasteiger partial charge on any atom is 0.319 e. The van der Waals surface area contributed by atoms with Crippen molar-refractivity contribution in [3.63, 3.8) is 0 Å². The molecule has 2 aromatic heterocycles. The largest absolute Gasteiger partial charge is 0.492 e. The number of urea groups is 1. The molecule has 4 atom stereocenters. The molecule has 4 aromatic rings. The molecule has 2 aliphatic rings. The predicted molar refractivity (Wildman–Crippen MR) is 186 cm³/mol. The van der Waals surface area contributed by atoms with E-state index in [2.05, 4.69) is 44.4 Å². The number of methoxy groups -OCH3 is 1. The van der Waals surface area contributed by atoms with Crippen molar-refractivity contribution in [2.45, 2.75) is 83.0 Å². The van der Waals surface area contributed by atoms with Gasteiger partial charge in [0, 0.05) is 6.04 Å². The first-order chi connectivity index (χ1) is 22.7. The van der Waals surface area contributed by atoms with Crippen LogP contribution in [0.15, 0.2) is 54.7 Å².